The van der Waals surface area contributed by atoms with E-state index in [4.69, 9.17) is 5.73 Å². The highest BCUT2D eigenvalue weighted by Gasteiger charge is 2.17. The molecule has 0 spiro atoms. The number of hydrogen-bond acceptors (Lipinski definition) is 3. The maximum atomic E-state index is 12.3. The molecule has 1 aromatic carbocycles. The lowest BCUT2D eigenvalue weighted by molar-refractivity contribution is 0.0936. The lowest BCUT2D eigenvalue weighted by atomic mass is 10.1. The third kappa shape index (κ3) is 3.35. The van der Waals surface area contributed by atoms with Gasteiger partial charge in [-0.25, -0.2) is 0 Å². The molecule has 2 rings (SSSR count). The number of nitrogen functional groups attached to an aromatic ring is 1. The van der Waals surface area contributed by atoms with E-state index in [1.807, 2.05) is 23.6 Å². The molecule has 1 atom stereocenters. The number of hydrogen-bond donors (Lipinski definition) is 2. The van der Waals surface area contributed by atoms with Gasteiger partial charge in [0.25, 0.3) is 5.91 Å². The summed E-state index contributed by atoms with van der Waals surface area (Å²) in [6.07, 6.45) is 1.95. The maximum Gasteiger partial charge on any atom is 0.253 e. The van der Waals surface area contributed by atoms with Gasteiger partial charge in [-0.2, -0.15) is 0 Å². The van der Waals surface area contributed by atoms with Gasteiger partial charge in [0.1, 0.15) is 0 Å². The van der Waals surface area contributed by atoms with Crippen LogP contribution in [0.5, 0.6) is 0 Å². The van der Waals surface area contributed by atoms with E-state index in [-0.39, 0.29) is 11.9 Å². The van der Waals surface area contributed by atoms with Crippen molar-refractivity contribution in [2.45, 2.75) is 25.8 Å². The van der Waals surface area contributed by atoms with Crippen LogP contribution >= 0.6 is 11.3 Å². The molecule has 0 aliphatic heterocycles. The number of benzene rings is 1. The third-order valence-electron chi connectivity index (χ3n) is 2.97. The summed E-state index contributed by atoms with van der Waals surface area (Å²) in [6.45, 7) is 2.11. The predicted molar refractivity (Wildman–Crippen MR) is 80.3 cm³/mol. The summed E-state index contributed by atoms with van der Waals surface area (Å²) in [5, 5.41) is 5.10. The zero-order valence-corrected chi connectivity index (χ0v) is 11.7. The van der Waals surface area contributed by atoms with Gasteiger partial charge in [-0.15, -0.1) is 11.3 Å². The normalized spacial score (nSPS) is 12.1. The Balaban J connectivity index is 2.14. The number of rotatable bonds is 5. The van der Waals surface area contributed by atoms with Crippen LogP contribution in [0.25, 0.3) is 0 Å². The van der Waals surface area contributed by atoms with E-state index >= 15 is 0 Å². The van der Waals surface area contributed by atoms with Crippen LogP contribution < -0.4 is 11.1 Å². The van der Waals surface area contributed by atoms with Crippen molar-refractivity contribution in [2.75, 3.05) is 5.73 Å². The zero-order chi connectivity index (χ0) is 13.7. The van der Waals surface area contributed by atoms with Gasteiger partial charge in [0.15, 0.2) is 0 Å². The molecule has 1 heterocycles. The predicted octanol–water partition coefficient (Wildman–Crippen LogP) is 3.60. The van der Waals surface area contributed by atoms with Gasteiger partial charge < -0.3 is 11.1 Å². The summed E-state index contributed by atoms with van der Waals surface area (Å²) in [5.41, 5.74) is 6.89. The highest BCUT2D eigenvalue weighted by molar-refractivity contribution is 7.10. The van der Waals surface area contributed by atoms with Crippen LogP contribution in [0.15, 0.2) is 41.8 Å². The topological polar surface area (TPSA) is 55.1 Å². The molecule has 1 unspecified atom stereocenters. The first-order valence-corrected chi connectivity index (χ1v) is 7.29. The minimum absolute atomic E-state index is 0.0668. The van der Waals surface area contributed by atoms with E-state index < -0.39 is 0 Å². The second-order valence-electron chi connectivity index (χ2n) is 4.42. The largest absolute Gasteiger partial charge is 0.398 e. The minimum atomic E-state index is -0.107. The zero-order valence-electron chi connectivity index (χ0n) is 10.9. The van der Waals surface area contributed by atoms with Crippen molar-refractivity contribution in [1.82, 2.24) is 5.32 Å². The van der Waals surface area contributed by atoms with E-state index in [1.54, 1.807) is 23.5 Å². The fourth-order valence-corrected chi connectivity index (χ4v) is 2.82. The van der Waals surface area contributed by atoms with Crippen molar-refractivity contribution < 1.29 is 4.79 Å². The monoisotopic (exact) mass is 274 g/mol. The van der Waals surface area contributed by atoms with Crippen molar-refractivity contribution in [3.63, 3.8) is 0 Å². The van der Waals surface area contributed by atoms with Crippen LogP contribution in [0.4, 0.5) is 5.69 Å². The molecule has 0 aliphatic carbocycles. The second-order valence-corrected chi connectivity index (χ2v) is 5.40. The lowest BCUT2D eigenvalue weighted by Crippen LogP contribution is -2.28. The lowest BCUT2D eigenvalue weighted by Gasteiger charge is -2.17. The quantitative estimate of drug-likeness (QED) is 0.818. The molecule has 3 nitrogen and oxygen atoms in total. The van der Waals surface area contributed by atoms with E-state index in [2.05, 4.69) is 18.3 Å². The molecule has 0 radical (unpaired) electrons. The van der Waals surface area contributed by atoms with Crippen LogP contribution in [0, 0.1) is 0 Å². The molecule has 0 fully saturated rings. The molecule has 0 saturated heterocycles. The molecular formula is C15H18N2OS. The van der Waals surface area contributed by atoms with Crippen molar-refractivity contribution in [2.24, 2.45) is 0 Å². The van der Waals surface area contributed by atoms with Crippen molar-refractivity contribution in [3.05, 3.63) is 52.2 Å². The van der Waals surface area contributed by atoms with E-state index in [9.17, 15) is 4.79 Å². The van der Waals surface area contributed by atoms with E-state index in [0.29, 0.717) is 11.3 Å². The average Bonchev–Trinajstić information content (AvgIpc) is 2.92. The molecule has 4 heteroatoms. The van der Waals surface area contributed by atoms with Crippen LogP contribution in [-0.2, 0) is 0 Å². The Labute approximate surface area is 117 Å². The first-order chi connectivity index (χ1) is 9.22. The van der Waals surface area contributed by atoms with Gasteiger partial charge in [-0.1, -0.05) is 31.5 Å². The Kier molecular flexibility index (Phi) is 4.58. The Bertz CT molecular complexity index is 537. The first kappa shape index (κ1) is 13.6. The number of nitrogens with two attached hydrogens (primary N) is 1. The standard InChI is InChI=1S/C15H18N2OS/c1-2-6-13(14-9-5-10-19-14)17-15(18)11-7-3-4-8-12(11)16/h3-5,7-10,13H,2,6,16H2,1H3,(H,17,18). The number of carbonyl (C=O) groups is 1. The highest BCUT2D eigenvalue weighted by Crippen LogP contribution is 2.24. The number of para-hydroxylation sites is 1. The second kappa shape index (κ2) is 6.38. The minimum Gasteiger partial charge on any atom is -0.398 e. The third-order valence-corrected chi connectivity index (χ3v) is 3.96. The number of carbonyl (C=O) groups excluding carboxylic acids is 1. The summed E-state index contributed by atoms with van der Waals surface area (Å²) in [5.74, 6) is -0.107. The van der Waals surface area contributed by atoms with Crippen LogP contribution in [0.2, 0.25) is 0 Å². The van der Waals surface area contributed by atoms with Crippen molar-refractivity contribution in [3.8, 4) is 0 Å². The van der Waals surface area contributed by atoms with Crippen LogP contribution in [0.1, 0.15) is 41.0 Å². The average molecular weight is 274 g/mol. The number of thiophene rings is 1. The van der Waals surface area contributed by atoms with Crippen LogP contribution in [-0.4, -0.2) is 5.91 Å². The molecule has 19 heavy (non-hydrogen) atoms. The Morgan fingerprint density at radius 1 is 1.32 bits per heavy atom. The van der Waals surface area contributed by atoms with Gasteiger partial charge in [-0.05, 0) is 30.0 Å². The highest BCUT2D eigenvalue weighted by atomic mass is 32.1. The van der Waals surface area contributed by atoms with Crippen LogP contribution in [0.3, 0.4) is 0 Å². The molecule has 1 amide bonds. The Morgan fingerprint density at radius 2 is 2.11 bits per heavy atom. The smallest absolute Gasteiger partial charge is 0.253 e. The number of amides is 1. The fourth-order valence-electron chi connectivity index (χ4n) is 2.00. The van der Waals surface area contributed by atoms with Crippen molar-refractivity contribution in [1.29, 1.82) is 0 Å². The first-order valence-electron chi connectivity index (χ1n) is 6.41. The van der Waals surface area contributed by atoms with Gasteiger partial charge in [-0.3, -0.25) is 4.79 Å². The summed E-state index contributed by atoms with van der Waals surface area (Å²) < 4.78 is 0. The van der Waals surface area contributed by atoms with Crippen molar-refractivity contribution >= 4 is 22.9 Å². The molecule has 0 saturated carbocycles. The van der Waals surface area contributed by atoms with Gasteiger partial charge >= 0.3 is 0 Å². The molecule has 2 aromatic rings. The summed E-state index contributed by atoms with van der Waals surface area (Å²) in [7, 11) is 0. The van der Waals surface area contributed by atoms with Gasteiger partial charge in [0.05, 0.1) is 11.6 Å². The number of anilines is 1. The fraction of sp³-hybridized carbons (Fsp3) is 0.267. The van der Waals surface area contributed by atoms with E-state index in [0.717, 1.165) is 12.8 Å². The maximum absolute atomic E-state index is 12.3. The molecule has 3 N–H and O–H groups in total. The Morgan fingerprint density at radius 3 is 2.74 bits per heavy atom. The van der Waals surface area contributed by atoms with E-state index in [1.165, 1.54) is 4.88 Å². The SMILES string of the molecule is CCCC(NC(=O)c1ccccc1N)c1cccs1. The summed E-state index contributed by atoms with van der Waals surface area (Å²) in [6, 6.07) is 11.3. The molecule has 0 aliphatic rings. The molecule has 100 valence electrons. The number of nitrogens with one attached hydrogen (secondary N) is 1. The summed E-state index contributed by atoms with van der Waals surface area (Å²) in [4.78, 5) is 13.4. The van der Waals surface area contributed by atoms with Gasteiger partial charge in [0.2, 0.25) is 0 Å². The molecular weight excluding hydrogens is 256 g/mol. The molecule has 1 aromatic heterocycles. The van der Waals surface area contributed by atoms with Gasteiger partial charge in [0, 0.05) is 10.6 Å². The Hall–Kier alpha value is -1.81. The molecule has 0 bridgehead atoms. The summed E-state index contributed by atoms with van der Waals surface area (Å²) >= 11 is 1.67.